The van der Waals surface area contributed by atoms with Gasteiger partial charge >= 0.3 is 0 Å². The van der Waals surface area contributed by atoms with Crippen LogP contribution in [0.25, 0.3) is 0 Å². The van der Waals surface area contributed by atoms with E-state index in [9.17, 15) is 0 Å². The monoisotopic (exact) mass is 186 g/mol. The minimum Gasteiger partial charge on any atom is -0.265 e. The van der Waals surface area contributed by atoms with Gasteiger partial charge in [0.05, 0.1) is 0 Å². The molecule has 2 nitrogen and oxygen atoms in total. The van der Waals surface area contributed by atoms with Crippen LogP contribution in [0.3, 0.4) is 0 Å². The first-order chi connectivity index (χ1) is 6.93. The molecule has 0 unspecified atom stereocenters. The second-order valence-corrected chi connectivity index (χ2v) is 2.70. The molecule has 2 aromatic heterocycles. The molecule has 0 fully saturated rings. The number of hydrogen-bond donors (Lipinski definition) is 0. The quantitative estimate of drug-likeness (QED) is 0.684. The van der Waals surface area contributed by atoms with Gasteiger partial charge in [-0.25, -0.2) is 0 Å². The highest BCUT2D eigenvalue weighted by Gasteiger charge is 1.81. The fourth-order valence-electron chi connectivity index (χ4n) is 0.920. The number of hydrogen-bond acceptors (Lipinski definition) is 2. The summed E-state index contributed by atoms with van der Waals surface area (Å²) in [5, 5.41) is 0. The molecule has 0 radical (unpaired) electrons. The van der Waals surface area contributed by atoms with Crippen LogP contribution in [0.15, 0.2) is 55.0 Å². The van der Waals surface area contributed by atoms with E-state index in [2.05, 4.69) is 16.9 Å². The maximum absolute atomic E-state index is 4.10. The van der Waals surface area contributed by atoms with Crippen molar-refractivity contribution in [1.82, 2.24) is 9.97 Å². The third kappa shape index (κ3) is 4.36. The van der Waals surface area contributed by atoms with E-state index in [1.807, 2.05) is 42.6 Å². The Hall–Kier alpha value is -1.70. The van der Waals surface area contributed by atoms with Crippen LogP contribution in [0.1, 0.15) is 12.6 Å². The first-order valence-electron chi connectivity index (χ1n) is 4.68. The van der Waals surface area contributed by atoms with Crippen LogP contribution in [0.2, 0.25) is 0 Å². The molecule has 0 saturated heterocycles. The van der Waals surface area contributed by atoms with E-state index in [1.54, 1.807) is 12.4 Å². The highest BCUT2D eigenvalue weighted by atomic mass is 14.7. The number of nitrogens with zero attached hydrogens (tertiary/aromatic N) is 2. The van der Waals surface area contributed by atoms with Crippen LogP contribution in [0.5, 0.6) is 0 Å². The highest BCUT2D eigenvalue weighted by molar-refractivity contribution is 5.02. The molecular formula is C12H14N2. The Morgan fingerprint density at radius 1 is 0.929 bits per heavy atom. The second kappa shape index (κ2) is 6.78. The molecule has 2 heterocycles. The van der Waals surface area contributed by atoms with E-state index >= 15 is 0 Å². The third-order valence-electron chi connectivity index (χ3n) is 1.65. The molecule has 0 saturated carbocycles. The van der Waals surface area contributed by atoms with Gasteiger partial charge in [-0.1, -0.05) is 19.1 Å². The van der Waals surface area contributed by atoms with Crippen molar-refractivity contribution >= 4 is 0 Å². The number of pyridine rings is 2. The number of aromatic nitrogens is 2. The second-order valence-electron chi connectivity index (χ2n) is 2.70. The number of aryl methyl sites for hydroxylation is 1. The Kier molecular flexibility index (Phi) is 5.03. The minimum absolute atomic E-state index is 1.03. The molecule has 0 aliphatic heterocycles. The van der Waals surface area contributed by atoms with E-state index in [0.717, 1.165) is 12.1 Å². The molecule has 0 aromatic carbocycles. The Bertz CT molecular complexity index is 292. The Morgan fingerprint density at radius 3 is 1.93 bits per heavy atom. The van der Waals surface area contributed by atoms with Crippen molar-refractivity contribution in [2.45, 2.75) is 13.3 Å². The van der Waals surface area contributed by atoms with Crippen LogP contribution < -0.4 is 0 Å². The van der Waals surface area contributed by atoms with Crippen molar-refractivity contribution in [3.05, 3.63) is 60.7 Å². The van der Waals surface area contributed by atoms with Gasteiger partial charge in [-0.05, 0) is 30.7 Å². The Balaban J connectivity index is 0.000000146. The minimum atomic E-state index is 1.03. The zero-order chi connectivity index (χ0) is 10.1. The lowest BCUT2D eigenvalue weighted by Crippen LogP contribution is -1.81. The van der Waals surface area contributed by atoms with Gasteiger partial charge in [0.1, 0.15) is 0 Å². The normalized spacial score (nSPS) is 8.64. The molecule has 0 amide bonds. The smallest absolute Gasteiger partial charge is 0.0400 e. The Labute approximate surface area is 84.7 Å². The van der Waals surface area contributed by atoms with Crippen LogP contribution in [0.4, 0.5) is 0 Å². The fraction of sp³-hybridized carbons (Fsp3) is 0.167. The van der Waals surface area contributed by atoms with E-state index in [1.165, 1.54) is 0 Å². The van der Waals surface area contributed by atoms with Crippen LogP contribution >= 0.6 is 0 Å². The van der Waals surface area contributed by atoms with Crippen LogP contribution in [-0.4, -0.2) is 9.97 Å². The van der Waals surface area contributed by atoms with E-state index in [0.29, 0.717) is 0 Å². The lowest BCUT2D eigenvalue weighted by Gasteiger charge is -1.88. The van der Waals surface area contributed by atoms with Gasteiger partial charge < -0.3 is 0 Å². The van der Waals surface area contributed by atoms with Gasteiger partial charge in [-0.3, -0.25) is 9.97 Å². The standard InChI is InChI=1S/C7H9N.C5H5N/c1-2-7-5-3-4-6-8-7;1-2-4-6-5-3-1/h3-6H,2H2,1H3;1-5H. The maximum atomic E-state index is 4.10. The molecule has 0 bridgehead atoms. The maximum Gasteiger partial charge on any atom is 0.0400 e. The molecule has 0 atom stereocenters. The van der Waals surface area contributed by atoms with E-state index < -0.39 is 0 Å². The fourth-order valence-corrected chi connectivity index (χ4v) is 0.920. The summed E-state index contributed by atoms with van der Waals surface area (Å²) in [5.41, 5.74) is 1.16. The SMILES string of the molecule is CCc1ccccn1.c1ccncc1. The average molecular weight is 186 g/mol. The Morgan fingerprint density at radius 2 is 1.64 bits per heavy atom. The highest BCUT2D eigenvalue weighted by Crippen LogP contribution is 1.91. The molecule has 0 aliphatic carbocycles. The first kappa shape index (κ1) is 10.4. The number of rotatable bonds is 1. The molecule has 0 N–H and O–H groups in total. The van der Waals surface area contributed by atoms with Crippen molar-refractivity contribution < 1.29 is 0 Å². The van der Waals surface area contributed by atoms with Gasteiger partial charge in [0, 0.05) is 24.3 Å². The van der Waals surface area contributed by atoms with Crippen LogP contribution in [-0.2, 0) is 6.42 Å². The van der Waals surface area contributed by atoms with E-state index in [4.69, 9.17) is 0 Å². The molecule has 2 aromatic rings. The summed E-state index contributed by atoms with van der Waals surface area (Å²) in [7, 11) is 0. The summed E-state index contributed by atoms with van der Waals surface area (Å²) in [6, 6.07) is 11.7. The molecular weight excluding hydrogens is 172 g/mol. The molecule has 72 valence electrons. The van der Waals surface area contributed by atoms with Crippen molar-refractivity contribution in [3.8, 4) is 0 Å². The van der Waals surface area contributed by atoms with Gasteiger partial charge in [0.15, 0.2) is 0 Å². The van der Waals surface area contributed by atoms with Crippen molar-refractivity contribution in [1.29, 1.82) is 0 Å². The van der Waals surface area contributed by atoms with E-state index in [-0.39, 0.29) is 0 Å². The zero-order valence-electron chi connectivity index (χ0n) is 8.30. The zero-order valence-corrected chi connectivity index (χ0v) is 8.30. The van der Waals surface area contributed by atoms with Crippen molar-refractivity contribution in [2.24, 2.45) is 0 Å². The molecule has 2 rings (SSSR count). The summed E-state index contributed by atoms with van der Waals surface area (Å²) >= 11 is 0. The summed E-state index contributed by atoms with van der Waals surface area (Å²) in [6.07, 6.45) is 6.35. The average Bonchev–Trinajstić information content (AvgIpc) is 2.33. The summed E-state index contributed by atoms with van der Waals surface area (Å²) < 4.78 is 0. The lowest BCUT2D eigenvalue weighted by atomic mass is 10.3. The van der Waals surface area contributed by atoms with Crippen molar-refractivity contribution in [2.75, 3.05) is 0 Å². The predicted molar refractivity (Wildman–Crippen MR) is 57.9 cm³/mol. The molecule has 14 heavy (non-hydrogen) atoms. The largest absolute Gasteiger partial charge is 0.265 e. The molecule has 2 heteroatoms. The van der Waals surface area contributed by atoms with Gasteiger partial charge in [-0.15, -0.1) is 0 Å². The van der Waals surface area contributed by atoms with Gasteiger partial charge in [-0.2, -0.15) is 0 Å². The summed E-state index contributed by atoms with van der Waals surface area (Å²) in [6.45, 7) is 2.10. The van der Waals surface area contributed by atoms with Gasteiger partial charge in [0.25, 0.3) is 0 Å². The molecule has 0 aliphatic rings. The molecule has 0 spiro atoms. The predicted octanol–water partition coefficient (Wildman–Crippen LogP) is 2.73. The topological polar surface area (TPSA) is 25.8 Å². The first-order valence-corrected chi connectivity index (χ1v) is 4.68. The third-order valence-corrected chi connectivity index (χ3v) is 1.65. The van der Waals surface area contributed by atoms with Gasteiger partial charge in [0.2, 0.25) is 0 Å². The summed E-state index contributed by atoms with van der Waals surface area (Å²) in [4.78, 5) is 7.88. The lowest BCUT2D eigenvalue weighted by molar-refractivity contribution is 1.04. The van der Waals surface area contributed by atoms with Crippen molar-refractivity contribution in [3.63, 3.8) is 0 Å². The summed E-state index contributed by atoms with van der Waals surface area (Å²) in [5.74, 6) is 0. The van der Waals surface area contributed by atoms with Crippen LogP contribution in [0, 0.1) is 0 Å².